The number of esters is 1. The highest BCUT2D eigenvalue weighted by Gasteiger charge is 2.35. The summed E-state index contributed by atoms with van der Waals surface area (Å²) < 4.78 is 10.5. The van der Waals surface area contributed by atoms with Crippen molar-refractivity contribution in [3.8, 4) is 11.5 Å². The minimum atomic E-state index is -0.462. The first-order valence-electron chi connectivity index (χ1n) is 8.20. The number of benzene rings is 2. The lowest BCUT2D eigenvalue weighted by molar-refractivity contribution is -0.145. The van der Waals surface area contributed by atoms with Gasteiger partial charge in [-0.25, -0.2) is 4.98 Å². The highest BCUT2D eigenvalue weighted by molar-refractivity contribution is 6.38. The molecule has 0 N–H and O–H groups in total. The molecule has 0 saturated carbocycles. The van der Waals surface area contributed by atoms with Gasteiger partial charge in [-0.2, -0.15) is 0 Å². The molecule has 4 rings (SSSR count). The van der Waals surface area contributed by atoms with Crippen molar-refractivity contribution in [3.63, 3.8) is 0 Å². The minimum Gasteiger partial charge on any atom is -0.469 e. The SMILES string of the molecule is COC(=O)[C@@H]1CC(=O)N(c2cccc(-c3nc4cc(Cl)cc(Cl)c4o3)c2)C1. The van der Waals surface area contributed by atoms with Gasteiger partial charge in [-0.15, -0.1) is 0 Å². The van der Waals surface area contributed by atoms with Gasteiger partial charge >= 0.3 is 5.97 Å². The number of methoxy groups -OCH3 is 1. The lowest BCUT2D eigenvalue weighted by Gasteiger charge is -2.16. The lowest BCUT2D eigenvalue weighted by atomic mass is 10.1. The van der Waals surface area contributed by atoms with Crippen molar-refractivity contribution in [1.29, 1.82) is 0 Å². The quantitative estimate of drug-likeness (QED) is 0.607. The Bertz CT molecular complexity index is 1060. The van der Waals surface area contributed by atoms with Crippen LogP contribution < -0.4 is 4.90 Å². The predicted molar refractivity (Wildman–Crippen MR) is 102 cm³/mol. The molecule has 8 heteroatoms. The number of hydrogen-bond donors (Lipinski definition) is 0. The van der Waals surface area contributed by atoms with Crippen molar-refractivity contribution in [3.05, 3.63) is 46.4 Å². The van der Waals surface area contributed by atoms with Gasteiger partial charge in [-0.1, -0.05) is 29.3 Å². The maximum atomic E-state index is 12.3. The van der Waals surface area contributed by atoms with E-state index in [9.17, 15) is 9.59 Å². The van der Waals surface area contributed by atoms with Crippen LogP contribution in [0.5, 0.6) is 0 Å². The van der Waals surface area contributed by atoms with Gasteiger partial charge in [-0.05, 0) is 30.3 Å². The van der Waals surface area contributed by atoms with Gasteiger partial charge in [0.15, 0.2) is 5.58 Å². The van der Waals surface area contributed by atoms with E-state index in [2.05, 4.69) is 4.98 Å². The first kappa shape index (κ1) is 17.8. The van der Waals surface area contributed by atoms with Crippen LogP contribution >= 0.6 is 23.2 Å². The van der Waals surface area contributed by atoms with E-state index in [1.165, 1.54) is 7.11 Å². The highest BCUT2D eigenvalue weighted by atomic mass is 35.5. The van der Waals surface area contributed by atoms with E-state index in [1.54, 1.807) is 35.2 Å². The Morgan fingerprint density at radius 3 is 2.89 bits per heavy atom. The van der Waals surface area contributed by atoms with Crippen LogP contribution in [-0.4, -0.2) is 30.5 Å². The van der Waals surface area contributed by atoms with E-state index in [4.69, 9.17) is 32.4 Å². The van der Waals surface area contributed by atoms with E-state index >= 15 is 0 Å². The summed E-state index contributed by atoms with van der Waals surface area (Å²) in [5.41, 5.74) is 2.35. The number of ether oxygens (including phenoxy) is 1. The molecular formula is C19H14Cl2N2O4. The molecule has 0 spiro atoms. The van der Waals surface area contributed by atoms with Gasteiger partial charge in [0.2, 0.25) is 11.8 Å². The monoisotopic (exact) mass is 404 g/mol. The van der Waals surface area contributed by atoms with Gasteiger partial charge in [0.1, 0.15) is 5.52 Å². The third-order valence-corrected chi connectivity index (χ3v) is 4.97. The number of aromatic nitrogens is 1. The molecule has 2 heterocycles. The lowest BCUT2D eigenvalue weighted by Crippen LogP contribution is -2.26. The van der Waals surface area contributed by atoms with Crippen molar-refractivity contribution >= 4 is 51.9 Å². The third kappa shape index (κ3) is 3.26. The number of carbonyl (C=O) groups excluding carboxylic acids is 2. The molecule has 1 atom stereocenters. The molecule has 2 aromatic carbocycles. The second kappa shape index (κ2) is 6.87. The first-order chi connectivity index (χ1) is 13.0. The second-order valence-electron chi connectivity index (χ2n) is 6.23. The average molecular weight is 405 g/mol. The molecule has 27 heavy (non-hydrogen) atoms. The largest absolute Gasteiger partial charge is 0.469 e. The summed E-state index contributed by atoms with van der Waals surface area (Å²) in [6.07, 6.45) is 0.133. The van der Waals surface area contributed by atoms with Crippen LogP contribution in [0.25, 0.3) is 22.6 Å². The number of oxazole rings is 1. The third-order valence-electron chi connectivity index (χ3n) is 4.47. The Kier molecular flexibility index (Phi) is 4.53. The molecule has 1 amide bonds. The summed E-state index contributed by atoms with van der Waals surface area (Å²) in [5, 5.41) is 0.848. The van der Waals surface area contributed by atoms with Crippen LogP contribution in [0.3, 0.4) is 0 Å². The number of rotatable bonds is 3. The van der Waals surface area contributed by atoms with E-state index in [0.717, 1.165) is 0 Å². The molecule has 1 aromatic heterocycles. The van der Waals surface area contributed by atoms with Gasteiger partial charge in [0.25, 0.3) is 0 Å². The topological polar surface area (TPSA) is 72.6 Å². The fourth-order valence-electron chi connectivity index (χ4n) is 3.17. The predicted octanol–water partition coefficient (Wildman–Crippen LogP) is 4.33. The van der Waals surface area contributed by atoms with Crippen molar-refractivity contribution in [2.24, 2.45) is 5.92 Å². The van der Waals surface area contributed by atoms with Crippen LogP contribution in [0.15, 0.2) is 40.8 Å². The second-order valence-corrected chi connectivity index (χ2v) is 7.08. The van der Waals surface area contributed by atoms with Gasteiger partial charge in [0, 0.05) is 29.2 Å². The number of carbonyl (C=O) groups is 2. The molecule has 3 aromatic rings. The van der Waals surface area contributed by atoms with Gasteiger partial charge < -0.3 is 14.1 Å². The molecule has 1 aliphatic heterocycles. The zero-order valence-corrected chi connectivity index (χ0v) is 15.8. The number of halogens is 2. The smallest absolute Gasteiger partial charge is 0.311 e. The Hall–Kier alpha value is -2.57. The summed E-state index contributed by atoms with van der Waals surface area (Å²) in [7, 11) is 1.32. The number of amides is 1. The van der Waals surface area contributed by atoms with Crippen LogP contribution in [-0.2, 0) is 14.3 Å². The van der Waals surface area contributed by atoms with E-state index in [1.807, 2.05) is 6.07 Å². The van der Waals surface area contributed by atoms with Crippen molar-refractivity contribution < 1.29 is 18.7 Å². The molecule has 1 saturated heterocycles. The molecule has 6 nitrogen and oxygen atoms in total. The standard InChI is InChI=1S/C19H14Cl2N2O4/c1-26-19(25)11-6-16(24)23(9-11)13-4-2-3-10(5-13)18-22-15-8-12(20)7-14(21)17(15)27-18/h2-5,7-8,11H,6,9H2,1H3/t11-/m1/s1. The summed E-state index contributed by atoms with van der Waals surface area (Å²) >= 11 is 12.2. The molecule has 0 aliphatic carbocycles. The van der Waals surface area contributed by atoms with Gasteiger partial charge in [0.05, 0.1) is 18.1 Å². The summed E-state index contributed by atoms with van der Waals surface area (Å²) in [4.78, 5) is 30.1. The molecule has 0 bridgehead atoms. The Balaban J connectivity index is 1.68. The molecular weight excluding hydrogens is 391 g/mol. The van der Waals surface area contributed by atoms with E-state index in [0.29, 0.717) is 38.3 Å². The summed E-state index contributed by atoms with van der Waals surface area (Å²) in [6.45, 7) is 0.282. The first-order valence-corrected chi connectivity index (χ1v) is 8.96. The maximum Gasteiger partial charge on any atom is 0.311 e. The Morgan fingerprint density at radius 2 is 2.11 bits per heavy atom. The van der Waals surface area contributed by atoms with Crippen molar-refractivity contribution in [1.82, 2.24) is 4.98 Å². The molecule has 0 unspecified atom stereocenters. The highest BCUT2D eigenvalue weighted by Crippen LogP contribution is 2.34. The number of nitrogens with zero attached hydrogens (tertiary/aromatic N) is 2. The van der Waals surface area contributed by atoms with E-state index < -0.39 is 5.92 Å². The average Bonchev–Trinajstić information content (AvgIpc) is 3.25. The molecule has 1 aliphatic rings. The van der Waals surface area contributed by atoms with Gasteiger partial charge in [-0.3, -0.25) is 9.59 Å². The number of anilines is 1. The van der Waals surface area contributed by atoms with Crippen LogP contribution in [0, 0.1) is 5.92 Å². The fraction of sp³-hybridized carbons (Fsp3) is 0.211. The number of fused-ring (bicyclic) bond motifs is 1. The van der Waals surface area contributed by atoms with Crippen LogP contribution in [0.1, 0.15) is 6.42 Å². The van der Waals surface area contributed by atoms with Crippen LogP contribution in [0.4, 0.5) is 5.69 Å². The normalized spacial score (nSPS) is 16.9. The zero-order chi connectivity index (χ0) is 19.1. The van der Waals surface area contributed by atoms with Crippen LogP contribution in [0.2, 0.25) is 10.0 Å². The molecule has 1 fully saturated rings. The molecule has 138 valence electrons. The maximum absolute atomic E-state index is 12.3. The fourth-order valence-corrected chi connectivity index (χ4v) is 3.69. The number of hydrogen-bond acceptors (Lipinski definition) is 5. The molecule has 0 radical (unpaired) electrons. The Morgan fingerprint density at radius 1 is 1.30 bits per heavy atom. The summed E-state index contributed by atoms with van der Waals surface area (Å²) in [6, 6.07) is 10.5. The van der Waals surface area contributed by atoms with Crippen molar-refractivity contribution in [2.75, 3.05) is 18.6 Å². The zero-order valence-electron chi connectivity index (χ0n) is 14.2. The summed E-state index contributed by atoms with van der Waals surface area (Å²) in [5.74, 6) is -0.606. The Labute approximate surface area is 164 Å². The van der Waals surface area contributed by atoms with Crippen molar-refractivity contribution in [2.45, 2.75) is 6.42 Å². The minimum absolute atomic E-state index is 0.130. The van der Waals surface area contributed by atoms with E-state index in [-0.39, 0.29) is 24.8 Å².